The van der Waals surface area contributed by atoms with Gasteiger partial charge in [0, 0.05) is 16.6 Å². The molecule has 30 heavy (non-hydrogen) atoms. The van der Waals surface area contributed by atoms with E-state index in [-0.39, 0.29) is 5.56 Å². The van der Waals surface area contributed by atoms with Crippen LogP contribution < -0.4 is 15.6 Å². The second-order valence-electron chi connectivity index (χ2n) is 6.72. The third-order valence-electron chi connectivity index (χ3n) is 4.79. The van der Waals surface area contributed by atoms with Gasteiger partial charge in [0.05, 0.1) is 30.2 Å². The minimum Gasteiger partial charge on any atom is -0.497 e. The molecule has 0 amide bonds. The summed E-state index contributed by atoms with van der Waals surface area (Å²) in [5.41, 5.74) is 2.18. The minimum absolute atomic E-state index is 0.118. The van der Waals surface area contributed by atoms with Crippen molar-refractivity contribution in [1.29, 1.82) is 0 Å². The maximum atomic E-state index is 13.3. The Labute approximate surface area is 183 Å². The standard InChI is InChI=1S/C23H19Cl2N3O2/c1-30-18-10-8-17(9-11-18)28-22(27-21-5-3-2-4-19(21)23(28)29)14-26-13-15-6-7-16(24)12-20(15)25/h2-12,26H,13-14H2,1H3. The van der Waals surface area contributed by atoms with Gasteiger partial charge in [0.25, 0.3) is 5.56 Å². The van der Waals surface area contributed by atoms with Crippen LogP contribution in [0.25, 0.3) is 16.6 Å². The van der Waals surface area contributed by atoms with Gasteiger partial charge in [-0.3, -0.25) is 9.36 Å². The molecule has 1 N–H and O–H groups in total. The lowest BCUT2D eigenvalue weighted by molar-refractivity contribution is 0.414. The third kappa shape index (κ3) is 4.19. The van der Waals surface area contributed by atoms with Crippen molar-refractivity contribution in [2.75, 3.05) is 7.11 Å². The molecule has 0 spiro atoms. The lowest BCUT2D eigenvalue weighted by atomic mass is 10.2. The number of hydrogen-bond donors (Lipinski definition) is 1. The van der Waals surface area contributed by atoms with Gasteiger partial charge in [-0.25, -0.2) is 4.98 Å². The first-order valence-corrected chi connectivity index (χ1v) is 10.1. The van der Waals surface area contributed by atoms with E-state index in [1.54, 1.807) is 29.9 Å². The largest absolute Gasteiger partial charge is 0.497 e. The van der Waals surface area contributed by atoms with Crippen LogP contribution in [-0.2, 0) is 13.1 Å². The number of aromatic nitrogens is 2. The predicted molar refractivity (Wildman–Crippen MR) is 121 cm³/mol. The molecule has 5 nitrogen and oxygen atoms in total. The average Bonchev–Trinajstić information content (AvgIpc) is 2.76. The monoisotopic (exact) mass is 439 g/mol. The van der Waals surface area contributed by atoms with Gasteiger partial charge in [-0.05, 0) is 54.1 Å². The highest BCUT2D eigenvalue weighted by molar-refractivity contribution is 6.35. The van der Waals surface area contributed by atoms with Crippen molar-refractivity contribution in [3.8, 4) is 11.4 Å². The van der Waals surface area contributed by atoms with Crippen molar-refractivity contribution in [3.63, 3.8) is 0 Å². The summed E-state index contributed by atoms with van der Waals surface area (Å²) in [6, 6.07) is 20.1. The first-order chi connectivity index (χ1) is 14.6. The van der Waals surface area contributed by atoms with Crippen molar-refractivity contribution >= 4 is 34.1 Å². The van der Waals surface area contributed by atoms with Gasteiger partial charge >= 0.3 is 0 Å². The molecule has 0 saturated carbocycles. The molecule has 0 saturated heterocycles. The summed E-state index contributed by atoms with van der Waals surface area (Å²) in [7, 11) is 1.61. The Balaban J connectivity index is 1.70. The number of halogens is 2. The zero-order valence-corrected chi connectivity index (χ0v) is 17.7. The van der Waals surface area contributed by atoms with E-state index in [4.69, 9.17) is 32.9 Å². The van der Waals surface area contributed by atoms with Crippen LogP contribution in [0.5, 0.6) is 5.75 Å². The van der Waals surface area contributed by atoms with Crippen LogP contribution in [0.3, 0.4) is 0 Å². The topological polar surface area (TPSA) is 56.1 Å². The highest BCUT2D eigenvalue weighted by atomic mass is 35.5. The molecule has 4 rings (SSSR count). The molecule has 1 aromatic heterocycles. The lowest BCUT2D eigenvalue weighted by Crippen LogP contribution is -2.27. The van der Waals surface area contributed by atoms with Gasteiger partial charge in [0.2, 0.25) is 0 Å². The molecule has 1 heterocycles. The van der Waals surface area contributed by atoms with Gasteiger partial charge in [-0.1, -0.05) is 41.4 Å². The molecule has 4 aromatic rings. The fraction of sp³-hybridized carbons (Fsp3) is 0.130. The zero-order valence-electron chi connectivity index (χ0n) is 16.2. The minimum atomic E-state index is -0.118. The van der Waals surface area contributed by atoms with E-state index in [9.17, 15) is 4.79 Å². The second kappa shape index (κ2) is 8.88. The van der Waals surface area contributed by atoms with Gasteiger partial charge in [0.1, 0.15) is 11.6 Å². The Kier molecular flexibility index (Phi) is 6.04. The fourth-order valence-electron chi connectivity index (χ4n) is 3.27. The summed E-state index contributed by atoms with van der Waals surface area (Å²) in [5.74, 6) is 1.33. The Bertz CT molecular complexity index is 1250. The lowest BCUT2D eigenvalue weighted by Gasteiger charge is -2.15. The van der Waals surface area contributed by atoms with Crippen molar-refractivity contribution in [2.24, 2.45) is 0 Å². The van der Waals surface area contributed by atoms with Crippen molar-refractivity contribution in [2.45, 2.75) is 13.1 Å². The molecule has 0 unspecified atom stereocenters. The molecule has 0 aliphatic carbocycles. The maximum Gasteiger partial charge on any atom is 0.266 e. The van der Waals surface area contributed by atoms with E-state index in [0.717, 1.165) is 17.0 Å². The van der Waals surface area contributed by atoms with Gasteiger partial charge in [0.15, 0.2) is 0 Å². The normalized spacial score (nSPS) is 11.0. The second-order valence-corrected chi connectivity index (χ2v) is 7.57. The zero-order chi connectivity index (χ0) is 21.1. The van der Waals surface area contributed by atoms with Crippen LogP contribution in [0.1, 0.15) is 11.4 Å². The highest BCUT2D eigenvalue weighted by Crippen LogP contribution is 2.21. The molecular weight excluding hydrogens is 421 g/mol. The van der Waals surface area contributed by atoms with Crippen LogP contribution in [0.4, 0.5) is 0 Å². The number of ether oxygens (including phenoxy) is 1. The Morgan fingerprint density at radius 1 is 1.00 bits per heavy atom. The molecule has 0 aliphatic heterocycles. The number of nitrogens with one attached hydrogen (secondary N) is 1. The van der Waals surface area contributed by atoms with E-state index in [2.05, 4.69) is 5.32 Å². The van der Waals surface area contributed by atoms with Crippen LogP contribution in [0.2, 0.25) is 10.0 Å². The van der Waals surface area contributed by atoms with Crippen molar-refractivity contribution in [3.05, 3.63) is 98.5 Å². The Morgan fingerprint density at radius 2 is 1.77 bits per heavy atom. The fourth-order valence-corrected chi connectivity index (χ4v) is 3.74. The van der Waals surface area contributed by atoms with Gasteiger partial charge in [-0.15, -0.1) is 0 Å². The third-order valence-corrected chi connectivity index (χ3v) is 5.38. The van der Waals surface area contributed by atoms with E-state index >= 15 is 0 Å². The van der Waals surface area contributed by atoms with Crippen LogP contribution >= 0.6 is 23.2 Å². The van der Waals surface area contributed by atoms with Gasteiger partial charge < -0.3 is 10.1 Å². The molecule has 0 atom stereocenters. The van der Waals surface area contributed by atoms with E-state index in [1.807, 2.05) is 48.5 Å². The van der Waals surface area contributed by atoms with E-state index < -0.39 is 0 Å². The van der Waals surface area contributed by atoms with E-state index in [0.29, 0.717) is 39.9 Å². The quantitative estimate of drug-likeness (QED) is 0.459. The Morgan fingerprint density at radius 3 is 2.50 bits per heavy atom. The van der Waals surface area contributed by atoms with Crippen molar-refractivity contribution < 1.29 is 4.74 Å². The Hall–Kier alpha value is -2.86. The number of nitrogens with zero attached hydrogens (tertiary/aromatic N) is 2. The number of hydrogen-bond acceptors (Lipinski definition) is 4. The molecule has 3 aromatic carbocycles. The van der Waals surface area contributed by atoms with Crippen LogP contribution in [0, 0.1) is 0 Å². The summed E-state index contributed by atoms with van der Waals surface area (Å²) >= 11 is 12.2. The van der Waals surface area contributed by atoms with Gasteiger partial charge in [-0.2, -0.15) is 0 Å². The first-order valence-electron chi connectivity index (χ1n) is 9.36. The summed E-state index contributed by atoms with van der Waals surface area (Å²) in [4.78, 5) is 18.0. The van der Waals surface area contributed by atoms with Crippen molar-refractivity contribution in [1.82, 2.24) is 14.9 Å². The maximum absolute atomic E-state index is 13.3. The number of para-hydroxylation sites is 1. The summed E-state index contributed by atoms with van der Waals surface area (Å²) < 4.78 is 6.86. The van der Waals surface area contributed by atoms with Crippen LogP contribution in [-0.4, -0.2) is 16.7 Å². The molecule has 0 fully saturated rings. The highest BCUT2D eigenvalue weighted by Gasteiger charge is 2.13. The van der Waals surface area contributed by atoms with Crippen LogP contribution in [0.15, 0.2) is 71.5 Å². The number of benzene rings is 3. The molecule has 0 aliphatic rings. The molecular formula is C23H19Cl2N3O2. The molecule has 152 valence electrons. The van der Waals surface area contributed by atoms with E-state index in [1.165, 1.54) is 0 Å². The number of rotatable bonds is 6. The molecule has 7 heteroatoms. The summed E-state index contributed by atoms with van der Waals surface area (Å²) in [5, 5.41) is 5.08. The first kappa shape index (κ1) is 20.4. The predicted octanol–water partition coefficient (Wildman–Crippen LogP) is 4.99. The number of fused-ring (bicyclic) bond motifs is 1. The molecule has 0 radical (unpaired) electrons. The summed E-state index contributed by atoms with van der Waals surface area (Å²) in [6.07, 6.45) is 0. The summed E-state index contributed by atoms with van der Waals surface area (Å²) in [6.45, 7) is 0.895. The smallest absolute Gasteiger partial charge is 0.266 e. The molecule has 0 bridgehead atoms. The number of methoxy groups -OCH3 is 1. The SMILES string of the molecule is COc1ccc(-n2c(CNCc3ccc(Cl)cc3Cl)nc3ccccc3c2=O)cc1. The average molecular weight is 440 g/mol.